The van der Waals surface area contributed by atoms with Gasteiger partial charge < -0.3 is 9.84 Å². The Hall–Kier alpha value is -0.540. The zero-order valence-corrected chi connectivity index (χ0v) is 10.8. The third-order valence-corrected chi connectivity index (χ3v) is 3.88. The Morgan fingerprint density at radius 1 is 1.40 bits per heavy atom. The summed E-state index contributed by atoms with van der Waals surface area (Å²) in [6.45, 7) is 4.01. The highest BCUT2D eigenvalue weighted by molar-refractivity contribution is 9.10. The second kappa shape index (κ2) is 3.49. The van der Waals surface area contributed by atoms with Crippen LogP contribution in [0.4, 0.5) is 0 Å². The van der Waals surface area contributed by atoms with Crippen LogP contribution in [0.15, 0.2) is 10.5 Å². The zero-order chi connectivity index (χ0) is 11.2. The molecule has 0 radical (unpaired) electrons. The van der Waals surface area contributed by atoms with E-state index in [-0.39, 0.29) is 0 Å². The Labute approximate surface area is 98.4 Å². The van der Waals surface area contributed by atoms with Crippen LogP contribution < -0.4 is 4.74 Å². The monoisotopic (exact) mass is 270 g/mol. The summed E-state index contributed by atoms with van der Waals surface area (Å²) in [7, 11) is 1.66. The van der Waals surface area contributed by atoms with Crippen LogP contribution in [-0.4, -0.2) is 12.2 Å². The predicted octanol–water partition coefficient (Wildman–Crippen LogP) is 3.06. The minimum atomic E-state index is -0.638. The lowest BCUT2D eigenvalue weighted by Crippen LogP contribution is -2.10. The summed E-state index contributed by atoms with van der Waals surface area (Å²) in [5, 5.41) is 10.2. The number of aliphatic hydroxyl groups is 1. The van der Waals surface area contributed by atoms with E-state index in [4.69, 9.17) is 4.74 Å². The number of benzene rings is 1. The average molecular weight is 271 g/mol. The lowest BCUT2D eigenvalue weighted by Gasteiger charge is -2.19. The summed E-state index contributed by atoms with van der Waals surface area (Å²) >= 11 is 3.50. The quantitative estimate of drug-likeness (QED) is 0.895. The van der Waals surface area contributed by atoms with Gasteiger partial charge in [-0.15, -0.1) is 0 Å². The highest BCUT2D eigenvalue weighted by atomic mass is 79.9. The van der Waals surface area contributed by atoms with Crippen molar-refractivity contribution in [2.45, 2.75) is 32.3 Å². The molecule has 0 bridgehead atoms. The lowest BCUT2D eigenvalue weighted by atomic mass is 9.97. The molecule has 0 amide bonds. The van der Waals surface area contributed by atoms with E-state index in [1.807, 2.05) is 19.9 Å². The Balaban J connectivity index is 2.66. The van der Waals surface area contributed by atoms with Gasteiger partial charge in [0.05, 0.1) is 12.7 Å². The number of methoxy groups -OCH3 is 1. The molecule has 1 aromatic rings. The first-order chi connectivity index (χ1) is 6.99. The molecule has 1 saturated carbocycles. The van der Waals surface area contributed by atoms with Crippen molar-refractivity contribution in [3.63, 3.8) is 0 Å². The first kappa shape index (κ1) is 11.0. The fourth-order valence-electron chi connectivity index (χ4n) is 2.05. The molecule has 15 heavy (non-hydrogen) atoms. The largest absolute Gasteiger partial charge is 0.496 e. The molecule has 1 aliphatic carbocycles. The Morgan fingerprint density at radius 2 is 2.00 bits per heavy atom. The van der Waals surface area contributed by atoms with E-state index in [0.717, 1.165) is 39.8 Å². The van der Waals surface area contributed by atoms with Gasteiger partial charge in [-0.25, -0.2) is 0 Å². The summed E-state index contributed by atoms with van der Waals surface area (Å²) < 4.78 is 6.45. The minimum Gasteiger partial charge on any atom is -0.496 e. The van der Waals surface area contributed by atoms with Crippen molar-refractivity contribution in [1.29, 1.82) is 0 Å². The average Bonchev–Trinajstić information content (AvgIpc) is 2.90. The molecule has 0 spiro atoms. The van der Waals surface area contributed by atoms with E-state index in [2.05, 4.69) is 15.9 Å². The van der Waals surface area contributed by atoms with Gasteiger partial charge in [0, 0.05) is 15.6 Å². The second-order valence-corrected chi connectivity index (χ2v) is 5.09. The normalized spacial score (nSPS) is 17.7. The van der Waals surface area contributed by atoms with Crippen molar-refractivity contribution < 1.29 is 9.84 Å². The molecule has 0 aromatic heterocycles. The number of hydrogen-bond donors (Lipinski definition) is 1. The third-order valence-electron chi connectivity index (χ3n) is 3.06. The lowest BCUT2D eigenvalue weighted by molar-refractivity contribution is 0.146. The maximum atomic E-state index is 10.2. The van der Waals surface area contributed by atoms with Gasteiger partial charge in [0.15, 0.2) is 0 Å². The van der Waals surface area contributed by atoms with E-state index in [9.17, 15) is 5.11 Å². The van der Waals surface area contributed by atoms with Crippen LogP contribution in [0, 0.1) is 13.8 Å². The number of rotatable bonds is 2. The SMILES string of the molecule is COc1c(C)c(Br)cc(C)c1C1(O)CC1. The van der Waals surface area contributed by atoms with E-state index in [1.54, 1.807) is 7.11 Å². The maximum absolute atomic E-state index is 10.2. The molecule has 0 saturated heterocycles. The van der Waals surface area contributed by atoms with Gasteiger partial charge in [-0.1, -0.05) is 15.9 Å². The van der Waals surface area contributed by atoms with Crippen molar-refractivity contribution in [2.75, 3.05) is 7.11 Å². The Morgan fingerprint density at radius 3 is 2.47 bits per heavy atom. The molecule has 1 N–H and O–H groups in total. The van der Waals surface area contributed by atoms with Crippen LogP contribution in [0.5, 0.6) is 5.75 Å². The number of aryl methyl sites for hydroxylation is 1. The van der Waals surface area contributed by atoms with Crippen molar-refractivity contribution in [2.24, 2.45) is 0 Å². The van der Waals surface area contributed by atoms with Crippen LogP contribution in [0.1, 0.15) is 29.5 Å². The molecule has 0 atom stereocenters. The van der Waals surface area contributed by atoms with Crippen molar-refractivity contribution in [3.05, 3.63) is 27.2 Å². The van der Waals surface area contributed by atoms with Gasteiger partial charge in [0.25, 0.3) is 0 Å². The molecule has 82 valence electrons. The van der Waals surface area contributed by atoms with E-state index in [1.165, 1.54) is 0 Å². The van der Waals surface area contributed by atoms with Crippen molar-refractivity contribution >= 4 is 15.9 Å². The molecule has 2 rings (SSSR count). The maximum Gasteiger partial charge on any atom is 0.129 e. The number of ether oxygens (including phenoxy) is 1. The fourth-order valence-corrected chi connectivity index (χ4v) is 2.57. The Kier molecular flexibility index (Phi) is 2.55. The summed E-state index contributed by atoms with van der Waals surface area (Å²) in [5.74, 6) is 0.821. The first-order valence-electron chi connectivity index (χ1n) is 5.06. The molecule has 0 unspecified atom stereocenters. The van der Waals surface area contributed by atoms with E-state index >= 15 is 0 Å². The van der Waals surface area contributed by atoms with Crippen LogP contribution in [0.2, 0.25) is 0 Å². The second-order valence-electron chi connectivity index (χ2n) is 4.24. The van der Waals surface area contributed by atoms with Crippen LogP contribution in [-0.2, 0) is 5.60 Å². The molecule has 0 aliphatic heterocycles. The van der Waals surface area contributed by atoms with Gasteiger partial charge in [0.2, 0.25) is 0 Å². The van der Waals surface area contributed by atoms with Crippen LogP contribution >= 0.6 is 15.9 Å². The zero-order valence-electron chi connectivity index (χ0n) is 9.22. The molecule has 2 nitrogen and oxygen atoms in total. The topological polar surface area (TPSA) is 29.5 Å². The third kappa shape index (κ3) is 1.68. The molecule has 1 fully saturated rings. The van der Waals surface area contributed by atoms with Crippen molar-refractivity contribution in [1.82, 2.24) is 0 Å². The van der Waals surface area contributed by atoms with Gasteiger partial charge in [0.1, 0.15) is 5.75 Å². The van der Waals surface area contributed by atoms with Crippen LogP contribution in [0.3, 0.4) is 0 Å². The summed E-state index contributed by atoms with van der Waals surface area (Å²) in [6.07, 6.45) is 1.68. The standard InChI is InChI=1S/C12H15BrO2/c1-7-6-9(13)8(2)11(15-3)10(7)12(14)4-5-12/h6,14H,4-5H2,1-3H3. The predicted molar refractivity (Wildman–Crippen MR) is 63.3 cm³/mol. The van der Waals surface area contributed by atoms with Gasteiger partial charge in [-0.2, -0.15) is 0 Å². The number of hydrogen-bond acceptors (Lipinski definition) is 2. The van der Waals surface area contributed by atoms with E-state index in [0.29, 0.717) is 0 Å². The molecular weight excluding hydrogens is 256 g/mol. The number of halogens is 1. The molecule has 1 aliphatic rings. The summed E-state index contributed by atoms with van der Waals surface area (Å²) in [6, 6.07) is 2.05. The van der Waals surface area contributed by atoms with Crippen molar-refractivity contribution in [3.8, 4) is 5.75 Å². The molecule has 3 heteroatoms. The summed E-state index contributed by atoms with van der Waals surface area (Å²) in [4.78, 5) is 0. The Bertz CT molecular complexity index is 409. The van der Waals surface area contributed by atoms with E-state index < -0.39 is 5.60 Å². The molecule has 0 heterocycles. The highest BCUT2D eigenvalue weighted by Crippen LogP contribution is 2.51. The first-order valence-corrected chi connectivity index (χ1v) is 5.85. The molecular formula is C12H15BrO2. The summed E-state index contributed by atoms with van der Waals surface area (Å²) in [5.41, 5.74) is 2.47. The smallest absolute Gasteiger partial charge is 0.129 e. The van der Waals surface area contributed by atoms with Gasteiger partial charge in [-0.3, -0.25) is 0 Å². The highest BCUT2D eigenvalue weighted by Gasteiger charge is 2.45. The van der Waals surface area contributed by atoms with Gasteiger partial charge in [-0.05, 0) is 38.3 Å². The fraction of sp³-hybridized carbons (Fsp3) is 0.500. The molecule has 1 aromatic carbocycles. The van der Waals surface area contributed by atoms with Crippen LogP contribution in [0.25, 0.3) is 0 Å². The minimum absolute atomic E-state index is 0.638. The van der Waals surface area contributed by atoms with Gasteiger partial charge >= 0.3 is 0 Å².